The van der Waals surface area contributed by atoms with E-state index in [0.717, 1.165) is 19.3 Å². The largest absolute Gasteiger partial charge is 0.393 e. The lowest BCUT2D eigenvalue weighted by Gasteiger charge is -2.30. The van der Waals surface area contributed by atoms with Gasteiger partial charge in [-0.25, -0.2) is 0 Å². The molecule has 0 heterocycles. The van der Waals surface area contributed by atoms with Crippen LogP contribution in [0.15, 0.2) is 42.5 Å². The molecule has 5 heteroatoms. The number of unbranched alkanes of at least 4 members (excludes halogenated alkanes) is 1. The van der Waals surface area contributed by atoms with Crippen LogP contribution in [0.3, 0.4) is 0 Å². The van der Waals surface area contributed by atoms with E-state index < -0.39 is 18.3 Å². The molecule has 0 saturated heterocycles. The van der Waals surface area contributed by atoms with Crippen molar-refractivity contribution < 1.29 is 20.1 Å². The molecule has 6 unspecified atom stereocenters. The minimum atomic E-state index is -0.525. The highest BCUT2D eigenvalue weighted by Gasteiger charge is 2.43. The molecule has 0 aromatic heterocycles. The van der Waals surface area contributed by atoms with Crippen molar-refractivity contribution in [3.05, 3.63) is 48.0 Å². The first-order chi connectivity index (χ1) is 14.9. The van der Waals surface area contributed by atoms with E-state index in [1.165, 1.54) is 5.56 Å². The summed E-state index contributed by atoms with van der Waals surface area (Å²) in [6.07, 6.45) is 8.19. The quantitative estimate of drug-likeness (QED) is 0.284. The molecule has 31 heavy (non-hydrogen) atoms. The van der Waals surface area contributed by atoms with Gasteiger partial charge in [0.1, 0.15) is 0 Å². The van der Waals surface area contributed by atoms with E-state index in [1.54, 1.807) is 0 Å². The standard InChI is InChI=1S/C26H41NO4/c1-3-27-25(31)14-10-5-4-9-13-22-23(29)18-24(30)26(22)19(2)17-21(28)16-15-20-11-7-6-8-12-20/h4,6-9,11-12,19,21-24,26,28-30H,3,5,10,13-18H2,1-2H3,(H,27,31). The van der Waals surface area contributed by atoms with Crippen LogP contribution in [-0.2, 0) is 11.2 Å². The number of aliphatic hydroxyl groups excluding tert-OH is 3. The number of hydrogen-bond acceptors (Lipinski definition) is 4. The molecule has 4 N–H and O–H groups in total. The van der Waals surface area contributed by atoms with Gasteiger partial charge in [-0.05, 0) is 75.2 Å². The highest BCUT2D eigenvalue weighted by atomic mass is 16.3. The van der Waals surface area contributed by atoms with Crippen molar-refractivity contribution in [1.29, 1.82) is 0 Å². The van der Waals surface area contributed by atoms with E-state index >= 15 is 0 Å². The average molecular weight is 432 g/mol. The summed E-state index contributed by atoms with van der Waals surface area (Å²) in [7, 11) is 0. The lowest BCUT2D eigenvalue weighted by atomic mass is 9.78. The molecule has 1 aromatic carbocycles. The summed E-state index contributed by atoms with van der Waals surface area (Å²) in [6.45, 7) is 4.66. The number of hydrogen-bond donors (Lipinski definition) is 4. The topological polar surface area (TPSA) is 89.8 Å². The Labute approximate surface area is 187 Å². The number of allylic oxidation sites excluding steroid dienone is 2. The first-order valence-electron chi connectivity index (χ1n) is 11.9. The minimum absolute atomic E-state index is 0.00552. The van der Waals surface area contributed by atoms with Crippen LogP contribution in [0.1, 0.15) is 64.4 Å². The van der Waals surface area contributed by atoms with Crippen molar-refractivity contribution >= 4 is 5.91 Å². The number of carbonyl (C=O) groups is 1. The van der Waals surface area contributed by atoms with Gasteiger partial charge < -0.3 is 20.6 Å². The molecule has 1 saturated carbocycles. The highest BCUT2D eigenvalue weighted by molar-refractivity contribution is 5.75. The minimum Gasteiger partial charge on any atom is -0.393 e. The Morgan fingerprint density at radius 1 is 1.19 bits per heavy atom. The molecule has 1 aromatic rings. The number of aliphatic hydroxyl groups is 3. The smallest absolute Gasteiger partial charge is 0.219 e. The molecule has 0 radical (unpaired) electrons. The van der Waals surface area contributed by atoms with Gasteiger partial charge in [0.2, 0.25) is 5.91 Å². The maximum atomic E-state index is 11.5. The van der Waals surface area contributed by atoms with Crippen molar-refractivity contribution in [2.24, 2.45) is 17.8 Å². The summed E-state index contributed by atoms with van der Waals surface area (Å²) < 4.78 is 0. The number of amides is 1. The first-order valence-corrected chi connectivity index (χ1v) is 11.9. The molecule has 5 nitrogen and oxygen atoms in total. The molecule has 1 fully saturated rings. The van der Waals surface area contributed by atoms with Crippen LogP contribution in [0, 0.1) is 17.8 Å². The lowest BCUT2D eigenvalue weighted by Crippen LogP contribution is -2.30. The summed E-state index contributed by atoms with van der Waals surface area (Å²) in [6, 6.07) is 10.2. The second-order valence-corrected chi connectivity index (χ2v) is 9.06. The molecule has 0 aliphatic heterocycles. The fraction of sp³-hybridized carbons (Fsp3) is 0.654. The summed E-state index contributed by atoms with van der Waals surface area (Å²) in [5, 5.41) is 34.4. The highest BCUT2D eigenvalue weighted by Crippen LogP contribution is 2.41. The Kier molecular flexibility index (Phi) is 11.3. The maximum Gasteiger partial charge on any atom is 0.219 e. The Bertz CT molecular complexity index is 663. The van der Waals surface area contributed by atoms with Crippen LogP contribution in [0.5, 0.6) is 0 Å². The second-order valence-electron chi connectivity index (χ2n) is 9.06. The number of benzene rings is 1. The second kappa shape index (κ2) is 13.7. The number of aryl methyl sites for hydroxylation is 1. The third-order valence-electron chi connectivity index (χ3n) is 6.55. The first kappa shape index (κ1) is 25.6. The van der Waals surface area contributed by atoms with E-state index in [1.807, 2.05) is 25.1 Å². The molecule has 174 valence electrons. The molecule has 0 bridgehead atoms. The van der Waals surface area contributed by atoms with E-state index in [0.29, 0.717) is 38.6 Å². The Morgan fingerprint density at radius 3 is 2.65 bits per heavy atom. The van der Waals surface area contributed by atoms with Gasteiger partial charge in [0.25, 0.3) is 0 Å². The Hall–Kier alpha value is -1.69. The molecule has 1 aliphatic carbocycles. The zero-order valence-electron chi connectivity index (χ0n) is 19.1. The van der Waals surface area contributed by atoms with Gasteiger partial charge >= 0.3 is 0 Å². The normalized spacial score (nSPS) is 25.6. The predicted molar refractivity (Wildman–Crippen MR) is 124 cm³/mol. The van der Waals surface area contributed by atoms with E-state index in [4.69, 9.17) is 0 Å². The molecule has 0 spiro atoms. The Balaban J connectivity index is 1.79. The van der Waals surface area contributed by atoms with Gasteiger partial charge in [-0.3, -0.25) is 4.79 Å². The van der Waals surface area contributed by atoms with E-state index in [-0.39, 0.29) is 23.7 Å². The van der Waals surface area contributed by atoms with Gasteiger partial charge in [-0.2, -0.15) is 0 Å². The van der Waals surface area contributed by atoms with Crippen LogP contribution < -0.4 is 5.32 Å². The van der Waals surface area contributed by atoms with Crippen LogP contribution >= 0.6 is 0 Å². The Morgan fingerprint density at radius 2 is 1.94 bits per heavy atom. The number of nitrogens with one attached hydrogen (secondary N) is 1. The van der Waals surface area contributed by atoms with Crippen molar-refractivity contribution in [3.8, 4) is 0 Å². The maximum absolute atomic E-state index is 11.5. The SMILES string of the molecule is CCNC(=O)CCCC=CCC1C(O)CC(O)C1C(C)CC(O)CCc1ccccc1. The van der Waals surface area contributed by atoms with Gasteiger partial charge in [-0.1, -0.05) is 49.4 Å². The zero-order chi connectivity index (χ0) is 22.6. The number of rotatable bonds is 13. The van der Waals surface area contributed by atoms with Gasteiger partial charge in [0.05, 0.1) is 18.3 Å². The summed E-state index contributed by atoms with van der Waals surface area (Å²) in [4.78, 5) is 11.5. The van der Waals surface area contributed by atoms with Gasteiger partial charge in [-0.15, -0.1) is 0 Å². The van der Waals surface area contributed by atoms with Crippen LogP contribution in [-0.4, -0.2) is 46.1 Å². The average Bonchev–Trinajstić information content (AvgIpc) is 3.03. The van der Waals surface area contributed by atoms with Crippen molar-refractivity contribution in [1.82, 2.24) is 5.32 Å². The molecular weight excluding hydrogens is 390 g/mol. The van der Waals surface area contributed by atoms with Crippen molar-refractivity contribution in [3.63, 3.8) is 0 Å². The molecular formula is C26H41NO4. The molecule has 1 aliphatic rings. The predicted octanol–water partition coefficient (Wildman–Crippen LogP) is 3.62. The fourth-order valence-electron chi connectivity index (χ4n) is 4.96. The van der Waals surface area contributed by atoms with Gasteiger partial charge in [0, 0.05) is 13.0 Å². The third-order valence-corrected chi connectivity index (χ3v) is 6.55. The third kappa shape index (κ3) is 8.76. The van der Waals surface area contributed by atoms with E-state index in [2.05, 4.69) is 36.5 Å². The van der Waals surface area contributed by atoms with Crippen LogP contribution in [0.4, 0.5) is 0 Å². The van der Waals surface area contributed by atoms with Crippen molar-refractivity contribution in [2.75, 3.05) is 6.54 Å². The molecule has 1 amide bonds. The monoisotopic (exact) mass is 431 g/mol. The molecule has 6 atom stereocenters. The molecule has 2 rings (SSSR count). The number of carbonyl (C=O) groups excluding carboxylic acids is 1. The van der Waals surface area contributed by atoms with Crippen LogP contribution in [0.2, 0.25) is 0 Å². The van der Waals surface area contributed by atoms with E-state index in [9.17, 15) is 20.1 Å². The van der Waals surface area contributed by atoms with Crippen LogP contribution in [0.25, 0.3) is 0 Å². The summed E-state index contributed by atoms with van der Waals surface area (Å²) >= 11 is 0. The zero-order valence-corrected chi connectivity index (χ0v) is 19.1. The fourth-order valence-corrected chi connectivity index (χ4v) is 4.96. The van der Waals surface area contributed by atoms with Gasteiger partial charge in [0.15, 0.2) is 0 Å². The lowest BCUT2D eigenvalue weighted by molar-refractivity contribution is -0.121. The van der Waals surface area contributed by atoms with Crippen molar-refractivity contribution in [2.45, 2.75) is 83.5 Å². The summed E-state index contributed by atoms with van der Waals surface area (Å²) in [5.74, 6) is 0.214. The summed E-state index contributed by atoms with van der Waals surface area (Å²) in [5.41, 5.74) is 1.22.